The number of benzene rings is 1. The van der Waals surface area contributed by atoms with Crippen LogP contribution in [0, 0.1) is 11.6 Å². The highest BCUT2D eigenvalue weighted by atomic mass is 32.2. The third kappa shape index (κ3) is 4.46. The van der Waals surface area contributed by atoms with Crippen LogP contribution < -0.4 is 15.8 Å². The molecule has 0 atom stereocenters. The summed E-state index contributed by atoms with van der Waals surface area (Å²) in [4.78, 5) is 0. The Morgan fingerprint density at radius 3 is 2.56 bits per heavy atom. The Morgan fingerprint density at radius 2 is 1.94 bits per heavy atom. The highest BCUT2D eigenvalue weighted by molar-refractivity contribution is 7.88. The summed E-state index contributed by atoms with van der Waals surface area (Å²) in [6, 6.07) is 2.20. The lowest BCUT2D eigenvalue weighted by atomic mass is 10.2. The first-order chi connectivity index (χ1) is 8.31. The minimum atomic E-state index is -3.23. The van der Waals surface area contributed by atoms with Gasteiger partial charge in [0.2, 0.25) is 10.0 Å². The van der Waals surface area contributed by atoms with Gasteiger partial charge in [-0.3, -0.25) is 0 Å². The molecule has 1 aromatic carbocycles. The van der Waals surface area contributed by atoms with Gasteiger partial charge in [0.05, 0.1) is 17.6 Å². The molecule has 0 aromatic heterocycles. The summed E-state index contributed by atoms with van der Waals surface area (Å²) in [5, 5.41) is 2.63. The molecule has 1 rings (SSSR count). The van der Waals surface area contributed by atoms with Gasteiger partial charge in [0, 0.05) is 13.1 Å². The topological polar surface area (TPSA) is 84.2 Å². The van der Waals surface area contributed by atoms with Crippen LogP contribution >= 0.6 is 0 Å². The first kappa shape index (κ1) is 14.7. The van der Waals surface area contributed by atoms with Gasteiger partial charge in [0.25, 0.3) is 0 Å². The second-order valence-electron chi connectivity index (χ2n) is 3.77. The lowest BCUT2D eigenvalue weighted by molar-refractivity contribution is 0.511. The molecule has 0 fully saturated rings. The van der Waals surface area contributed by atoms with Gasteiger partial charge in [0.1, 0.15) is 0 Å². The predicted molar refractivity (Wildman–Crippen MR) is 66.7 cm³/mol. The van der Waals surface area contributed by atoms with E-state index >= 15 is 0 Å². The quantitative estimate of drug-likeness (QED) is 0.533. The molecular formula is C10H15F2N3O2S. The lowest BCUT2D eigenvalue weighted by Gasteiger charge is -2.10. The van der Waals surface area contributed by atoms with Gasteiger partial charge in [0.15, 0.2) is 11.6 Å². The average Bonchev–Trinajstić information content (AvgIpc) is 2.26. The Labute approximate surface area is 104 Å². The largest absolute Gasteiger partial charge is 0.397 e. The molecule has 18 heavy (non-hydrogen) atoms. The molecule has 0 aliphatic carbocycles. The smallest absolute Gasteiger partial charge is 0.208 e. The molecule has 4 N–H and O–H groups in total. The van der Waals surface area contributed by atoms with Crippen LogP contribution in [0.15, 0.2) is 12.1 Å². The Morgan fingerprint density at radius 1 is 1.28 bits per heavy atom. The summed E-state index contributed by atoms with van der Waals surface area (Å²) in [5.74, 6) is -2.02. The van der Waals surface area contributed by atoms with E-state index in [9.17, 15) is 17.2 Å². The molecule has 0 radical (unpaired) electrons. The molecule has 0 aliphatic heterocycles. The van der Waals surface area contributed by atoms with E-state index in [4.69, 9.17) is 5.73 Å². The Kier molecular flexibility index (Phi) is 4.85. The standard InChI is InChI=1S/C10H15F2N3O2S/c1-18(16,17)15-6-2-5-14-10-8(13)4-3-7(11)9(10)12/h3-4,14-15H,2,5-6,13H2,1H3. The number of anilines is 2. The van der Waals surface area contributed by atoms with Crippen molar-refractivity contribution in [3.63, 3.8) is 0 Å². The molecule has 0 bridgehead atoms. The molecule has 102 valence electrons. The van der Waals surface area contributed by atoms with E-state index in [0.717, 1.165) is 12.3 Å². The van der Waals surface area contributed by atoms with E-state index in [2.05, 4.69) is 10.0 Å². The molecule has 0 saturated carbocycles. The van der Waals surface area contributed by atoms with Crippen molar-refractivity contribution in [1.29, 1.82) is 0 Å². The van der Waals surface area contributed by atoms with Crippen molar-refractivity contribution in [3.05, 3.63) is 23.8 Å². The van der Waals surface area contributed by atoms with Gasteiger partial charge in [-0.2, -0.15) is 0 Å². The summed E-state index contributed by atoms with van der Waals surface area (Å²) >= 11 is 0. The summed E-state index contributed by atoms with van der Waals surface area (Å²) in [6.07, 6.45) is 1.47. The van der Waals surface area contributed by atoms with Crippen LogP contribution in [0.4, 0.5) is 20.2 Å². The zero-order chi connectivity index (χ0) is 13.8. The molecule has 1 aromatic rings. The fourth-order valence-electron chi connectivity index (χ4n) is 1.30. The third-order valence-electron chi connectivity index (χ3n) is 2.15. The first-order valence-electron chi connectivity index (χ1n) is 5.23. The average molecular weight is 279 g/mol. The number of nitrogens with two attached hydrogens (primary N) is 1. The number of nitrogens with one attached hydrogen (secondary N) is 2. The van der Waals surface area contributed by atoms with E-state index in [1.165, 1.54) is 6.07 Å². The van der Waals surface area contributed by atoms with Crippen molar-refractivity contribution in [2.24, 2.45) is 0 Å². The van der Waals surface area contributed by atoms with Crippen LogP contribution in [0.5, 0.6) is 0 Å². The molecule has 0 spiro atoms. The normalized spacial score (nSPS) is 11.5. The van der Waals surface area contributed by atoms with E-state index < -0.39 is 21.7 Å². The SMILES string of the molecule is CS(=O)(=O)NCCCNc1c(N)ccc(F)c1F. The molecule has 0 unspecified atom stereocenters. The maximum atomic E-state index is 13.3. The molecule has 0 amide bonds. The van der Waals surface area contributed by atoms with E-state index in [1.807, 2.05) is 0 Å². The fraction of sp³-hybridized carbons (Fsp3) is 0.400. The van der Waals surface area contributed by atoms with Crippen molar-refractivity contribution in [3.8, 4) is 0 Å². The maximum absolute atomic E-state index is 13.3. The van der Waals surface area contributed by atoms with Crippen molar-refractivity contribution in [1.82, 2.24) is 4.72 Å². The van der Waals surface area contributed by atoms with Crippen LogP contribution in [0.1, 0.15) is 6.42 Å². The number of halogens is 2. The second kappa shape index (κ2) is 5.96. The van der Waals surface area contributed by atoms with Gasteiger partial charge in [-0.25, -0.2) is 21.9 Å². The first-order valence-corrected chi connectivity index (χ1v) is 7.12. The third-order valence-corrected chi connectivity index (χ3v) is 2.88. The molecule has 5 nitrogen and oxygen atoms in total. The minimum absolute atomic E-state index is 0.102. The van der Waals surface area contributed by atoms with Gasteiger partial charge < -0.3 is 11.1 Å². The van der Waals surface area contributed by atoms with Crippen molar-refractivity contribution in [2.45, 2.75) is 6.42 Å². The van der Waals surface area contributed by atoms with Crippen molar-refractivity contribution in [2.75, 3.05) is 30.4 Å². The minimum Gasteiger partial charge on any atom is -0.397 e. The zero-order valence-corrected chi connectivity index (χ0v) is 10.7. The second-order valence-corrected chi connectivity index (χ2v) is 5.61. The molecule has 0 aliphatic rings. The van der Waals surface area contributed by atoms with Gasteiger partial charge in [-0.05, 0) is 18.6 Å². The number of sulfonamides is 1. The maximum Gasteiger partial charge on any atom is 0.208 e. The number of rotatable bonds is 6. The van der Waals surface area contributed by atoms with Crippen molar-refractivity contribution >= 4 is 21.4 Å². The fourth-order valence-corrected chi connectivity index (χ4v) is 1.82. The predicted octanol–water partition coefficient (Wildman–Crippen LogP) is 0.898. The van der Waals surface area contributed by atoms with Crippen LogP contribution in [-0.2, 0) is 10.0 Å². The Hall–Kier alpha value is -1.41. The van der Waals surface area contributed by atoms with Gasteiger partial charge in [-0.15, -0.1) is 0 Å². The van der Waals surface area contributed by atoms with Crippen LogP contribution in [0.25, 0.3) is 0 Å². The summed E-state index contributed by atoms with van der Waals surface area (Å²) in [7, 11) is -3.23. The number of hydrogen-bond donors (Lipinski definition) is 3. The van der Waals surface area contributed by atoms with Crippen LogP contribution in [0.2, 0.25) is 0 Å². The lowest BCUT2D eigenvalue weighted by Crippen LogP contribution is -2.24. The van der Waals surface area contributed by atoms with Crippen molar-refractivity contribution < 1.29 is 17.2 Å². The number of nitrogen functional groups attached to an aromatic ring is 1. The zero-order valence-electron chi connectivity index (χ0n) is 9.83. The summed E-state index contributed by atoms with van der Waals surface area (Å²) in [5.41, 5.74) is 5.49. The molecular weight excluding hydrogens is 264 g/mol. The molecule has 8 heteroatoms. The highest BCUT2D eigenvalue weighted by Gasteiger charge is 2.11. The Bertz CT molecular complexity index is 520. The monoisotopic (exact) mass is 279 g/mol. The van der Waals surface area contributed by atoms with E-state index in [0.29, 0.717) is 6.42 Å². The highest BCUT2D eigenvalue weighted by Crippen LogP contribution is 2.24. The number of hydrogen-bond acceptors (Lipinski definition) is 4. The van der Waals surface area contributed by atoms with E-state index in [1.54, 1.807) is 0 Å². The van der Waals surface area contributed by atoms with E-state index in [-0.39, 0.29) is 24.5 Å². The van der Waals surface area contributed by atoms with Gasteiger partial charge in [-0.1, -0.05) is 0 Å². The Balaban J connectivity index is 2.47. The summed E-state index contributed by atoms with van der Waals surface area (Å²) < 4.78 is 50.1. The van der Waals surface area contributed by atoms with Gasteiger partial charge >= 0.3 is 0 Å². The van der Waals surface area contributed by atoms with Crippen LogP contribution in [-0.4, -0.2) is 27.8 Å². The van der Waals surface area contributed by atoms with Crippen LogP contribution in [0.3, 0.4) is 0 Å². The molecule has 0 heterocycles. The molecule has 0 saturated heterocycles. The summed E-state index contributed by atoms with van der Waals surface area (Å²) in [6.45, 7) is 0.482.